The highest BCUT2D eigenvalue weighted by Gasteiger charge is 2.41. The number of imidazole rings is 2. The van der Waals surface area contributed by atoms with Crippen molar-refractivity contribution >= 4 is 11.6 Å². The van der Waals surface area contributed by atoms with E-state index in [4.69, 9.17) is 5.73 Å². The molecule has 7 nitrogen and oxygen atoms in total. The Kier molecular flexibility index (Phi) is 5.12. The zero-order valence-electron chi connectivity index (χ0n) is 17.6. The van der Waals surface area contributed by atoms with Crippen LogP contribution in [0.15, 0.2) is 73.3 Å². The molecule has 2 aromatic heterocycles. The molecule has 0 saturated heterocycles. The molecule has 0 saturated carbocycles. The summed E-state index contributed by atoms with van der Waals surface area (Å²) in [5.74, 6) is 0.811. The van der Waals surface area contributed by atoms with Crippen LogP contribution in [0.1, 0.15) is 34.5 Å². The first-order valence-corrected chi connectivity index (χ1v) is 9.88. The van der Waals surface area contributed by atoms with Crippen LogP contribution in [0.3, 0.4) is 0 Å². The molecule has 0 fully saturated rings. The summed E-state index contributed by atoms with van der Waals surface area (Å²) >= 11 is 0. The van der Waals surface area contributed by atoms with Gasteiger partial charge in [-0.05, 0) is 62.7 Å². The third-order valence-corrected chi connectivity index (χ3v) is 5.57. The molecule has 7 heteroatoms. The lowest BCUT2D eigenvalue weighted by molar-refractivity contribution is -0.120. The molecular formula is C24H23N5O2. The standard InChI is InChI=1S/C24H23N5O2/c1-16(30)24(25,20-6-10-22(11-7-20)29-15-13-27-18(29)3)23(31)19-4-8-21(9-5-19)28-14-12-26-17(28)2/h4-15H,25H2,1-3H3. The second-order valence-electron chi connectivity index (χ2n) is 7.48. The van der Waals surface area contributed by atoms with Crippen molar-refractivity contribution in [3.63, 3.8) is 0 Å². The first-order valence-electron chi connectivity index (χ1n) is 9.88. The lowest BCUT2D eigenvalue weighted by atomic mass is 9.80. The van der Waals surface area contributed by atoms with Gasteiger partial charge >= 0.3 is 0 Å². The van der Waals surface area contributed by atoms with Crippen molar-refractivity contribution in [2.24, 2.45) is 5.73 Å². The average Bonchev–Trinajstić information content (AvgIpc) is 3.40. The van der Waals surface area contributed by atoms with Crippen molar-refractivity contribution in [1.29, 1.82) is 0 Å². The first-order chi connectivity index (χ1) is 14.8. The van der Waals surface area contributed by atoms with Crippen LogP contribution in [0.5, 0.6) is 0 Å². The lowest BCUT2D eigenvalue weighted by Crippen LogP contribution is -2.50. The highest BCUT2D eigenvalue weighted by atomic mass is 16.2. The summed E-state index contributed by atoms with van der Waals surface area (Å²) in [6, 6.07) is 14.1. The molecule has 31 heavy (non-hydrogen) atoms. The predicted molar refractivity (Wildman–Crippen MR) is 117 cm³/mol. The van der Waals surface area contributed by atoms with Crippen LogP contribution >= 0.6 is 0 Å². The minimum absolute atomic E-state index is 0.369. The number of carbonyl (C=O) groups is 2. The zero-order valence-corrected chi connectivity index (χ0v) is 17.6. The van der Waals surface area contributed by atoms with Gasteiger partial charge in [-0.25, -0.2) is 9.97 Å². The Bertz CT molecular complexity index is 1250. The van der Waals surface area contributed by atoms with Crippen LogP contribution in [-0.2, 0) is 10.3 Å². The second-order valence-corrected chi connectivity index (χ2v) is 7.48. The first kappa shape index (κ1) is 20.4. The Hall–Kier alpha value is -3.84. The number of Topliss-reactive ketones (excluding diaryl/α,β-unsaturated/α-hetero) is 2. The number of benzene rings is 2. The smallest absolute Gasteiger partial charge is 0.194 e. The van der Waals surface area contributed by atoms with Crippen LogP contribution in [0, 0.1) is 13.8 Å². The van der Waals surface area contributed by atoms with E-state index in [1.165, 1.54) is 6.92 Å². The van der Waals surface area contributed by atoms with Crippen LogP contribution in [0.25, 0.3) is 11.4 Å². The van der Waals surface area contributed by atoms with Gasteiger partial charge in [-0.2, -0.15) is 0 Å². The van der Waals surface area contributed by atoms with E-state index >= 15 is 0 Å². The molecule has 1 unspecified atom stereocenters. The van der Waals surface area contributed by atoms with E-state index in [2.05, 4.69) is 9.97 Å². The fourth-order valence-electron chi connectivity index (χ4n) is 3.68. The van der Waals surface area contributed by atoms with Crippen molar-refractivity contribution < 1.29 is 9.59 Å². The molecule has 0 bridgehead atoms. The van der Waals surface area contributed by atoms with E-state index in [9.17, 15) is 9.59 Å². The van der Waals surface area contributed by atoms with Crippen LogP contribution in [0.4, 0.5) is 0 Å². The van der Waals surface area contributed by atoms with E-state index in [-0.39, 0.29) is 0 Å². The summed E-state index contributed by atoms with van der Waals surface area (Å²) in [5.41, 5.74) is 7.25. The molecule has 0 aliphatic heterocycles. The third-order valence-electron chi connectivity index (χ3n) is 5.57. The molecule has 4 aromatic rings. The molecule has 2 N–H and O–H groups in total. The monoisotopic (exact) mass is 413 g/mol. The Morgan fingerprint density at radius 2 is 1.26 bits per heavy atom. The molecule has 156 valence electrons. The summed E-state index contributed by atoms with van der Waals surface area (Å²) in [4.78, 5) is 34.4. The number of nitrogens with two attached hydrogens (primary N) is 1. The van der Waals surface area contributed by atoms with Gasteiger partial charge in [0.2, 0.25) is 0 Å². The summed E-state index contributed by atoms with van der Waals surface area (Å²) < 4.78 is 3.82. The number of aryl methyl sites for hydroxylation is 2. The molecular weight excluding hydrogens is 390 g/mol. The maximum Gasteiger partial charge on any atom is 0.194 e. The highest BCUT2D eigenvalue weighted by Crippen LogP contribution is 2.27. The number of hydrogen-bond acceptors (Lipinski definition) is 5. The Morgan fingerprint density at radius 1 is 0.806 bits per heavy atom. The maximum atomic E-state index is 13.4. The molecule has 0 amide bonds. The fourth-order valence-corrected chi connectivity index (χ4v) is 3.68. The third kappa shape index (κ3) is 3.49. The van der Waals surface area contributed by atoms with Gasteiger partial charge in [0.25, 0.3) is 0 Å². The summed E-state index contributed by atoms with van der Waals surface area (Å²) in [6.07, 6.45) is 7.12. The van der Waals surface area contributed by atoms with Gasteiger partial charge in [0.1, 0.15) is 11.6 Å². The second kappa shape index (κ2) is 7.77. The largest absolute Gasteiger partial charge is 0.309 e. The number of rotatable bonds is 6. The highest BCUT2D eigenvalue weighted by molar-refractivity contribution is 6.18. The Labute approximate surface area is 180 Å². The van der Waals surface area contributed by atoms with E-state index in [0.717, 1.165) is 23.0 Å². The number of aromatic nitrogens is 4. The molecule has 2 heterocycles. The molecule has 0 aliphatic rings. The number of nitrogens with zero attached hydrogens (tertiary/aromatic N) is 4. The maximum absolute atomic E-state index is 13.4. The van der Waals surface area contributed by atoms with E-state index in [1.54, 1.807) is 36.7 Å². The van der Waals surface area contributed by atoms with Crippen molar-refractivity contribution in [3.8, 4) is 11.4 Å². The molecule has 2 aromatic carbocycles. The van der Waals surface area contributed by atoms with E-state index in [1.807, 2.05) is 59.6 Å². The normalized spacial score (nSPS) is 13.0. The van der Waals surface area contributed by atoms with E-state index < -0.39 is 17.1 Å². The summed E-state index contributed by atoms with van der Waals surface area (Å²) in [6.45, 7) is 5.14. The van der Waals surface area contributed by atoms with Crippen LogP contribution in [-0.4, -0.2) is 30.7 Å². The van der Waals surface area contributed by atoms with Gasteiger partial charge in [0.15, 0.2) is 17.1 Å². The van der Waals surface area contributed by atoms with Gasteiger partial charge in [-0.15, -0.1) is 0 Å². The zero-order chi connectivity index (χ0) is 22.2. The molecule has 0 radical (unpaired) electrons. The average molecular weight is 413 g/mol. The van der Waals surface area contributed by atoms with Crippen LogP contribution in [0.2, 0.25) is 0 Å². The molecule has 4 rings (SSSR count). The van der Waals surface area contributed by atoms with Gasteiger partial charge in [0.05, 0.1) is 0 Å². The molecule has 0 spiro atoms. The SMILES string of the molecule is CC(=O)C(N)(C(=O)c1ccc(-n2ccnc2C)cc1)c1ccc(-n2ccnc2C)cc1. The minimum Gasteiger partial charge on any atom is -0.309 e. The van der Waals surface area contributed by atoms with Crippen molar-refractivity contribution in [1.82, 2.24) is 19.1 Å². The predicted octanol–water partition coefficient (Wildman–Crippen LogP) is 3.30. The Morgan fingerprint density at radius 3 is 1.65 bits per heavy atom. The quantitative estimate of drug-likeness (QED) is 0.386. The van der Waals surface area contributed by atoms with Gasteiger partial charge in [0, 0.05) is 41.7 Å². The van der Waals surface area contributed by atoms with Gasteiger partial charge in [-0.1, -0.05) is 12.1 Å². The minimum atomic E-state index is -1.77. The topological polar surface area (TPSA) is 95.8 Å². The lowest BCUT2D eigenvalue weighted by Gasteiger charge is -2.26. The molecule has 1 atom stereocenters. The summed E-state index contributed by atoms with van der Waals surface area (Å²) in [7, 11) is 0. The summed E-state index contributed by atoms with van der Waals surface area (Å²) in [5, 5.41) is 0. The Balaban J connectivity index is 1.67. The van der Waals surface area contributed by atoms with Crippen LogP contribution < -0.4 is 5.73 Å². The van der Waals surface area contributed by atoms with Crippen molar-refractivity contribution in [3.05, 3.63) is 96.1 Å². The van der Waals surface area contributed by atoms with Crippen molar-refractivity contribution in [2.45, 2.75) is 26.3 Å². The van der Waals surface area contributed by atoms with Gasteiger partial charge in [-0.3, -0.25) is 9.59 Å². The fraction of sp³-hybridized carbons (Fsp3) is 0.167. The van der Waals surface area contributed by atoms with E-state index in [0.29, 0.717) is 11.1 Å². The number of hydrogen-bond donors (Lipinski definition) is 1. The van der Waals surface area contributed by atoms with Gasteiger partial charge < -0.3 is 14.9 Å². The number of ketones is 2. The van der Waals surface area contributed by atoms with Crippen molar-refractivity contribution in [2.75, 3.05) is 0 Å². The number of carbonyl (C=O) groups excluding carboxylic acids is 2. The molecule has 0 aliphatic carbocycles.